The largest absolute Gasteiger partial charge is 0.0751 e. The summed E-state index contributed by atoms with van der Waals surface area (Å²) in [6.45, 7) is 7.02. The fraction of sp³-hybridized carbons (Fsp3) is 0.733. The average Bonchev–Trinajstić information content (AvgIpc) is 2.17. The van der Waals surface area contributed by atoms with E-state index in [1.165, 1.54) is 44.1 Å². The van der Waals surface area contributed by atoms with Crippen molar-refractivity contribution >= 4 is 0 Å². The van der Waals surface area contributed by atoms with Crippen LogP contribution in [0.2, 0.25) is 0 Å². The van der Waals surface area contributed by atoms with E-state index < -0.39 is 0 Å². The highest BCUT2D eigenvalue weighted by atomic mass is 14.4. The fourth-order valence-electron chi connectivity index (χ4n) is 3.68. The van der Waals surface area contributed by atoms with Crippen molar-refractivity contribution in [1.82, 2.24) is 0 Å². The maximum Gasteiger partial charge on any atom is -0.00755 e. The average molecular weight is 204 g/mol. The third-order valence-corrected chi connectivity index (χ3v) is 4.23. The molecule has 0 amide bonds. The molecule has 0 aliphatic heterocycles. The number of allylic oxidation sites excluding steroid dienone is 4. The number of hydrogen-bond acceptors (Lipinski definition) is 0. The monoisotopic (exact) mass is 204 g/mol. The van der Waals surface area contributed by atoms with Crippen LogP contribution < -0.4 is 0 Å². The van der Waals surface area contributed by atoms with Gasteiger partial charge in [-0.05, 0) is 44.4 Å². The molecule has 0 spiro atoms. The SMILES string of the molecule is CC1=CC(C)(C2CCCCC2)CC(C)=C1. The Kier molecular flexibility index (Phi) is 3.04. The molecule has 1 fully saturated rings. The number of hydrogen-bond donors (Lipinski definition) is 0. The lowest BCUT2D eigenvalue weighted by Crippen LogP contribution is -2.29. The van der Waals surface area contributed by atoms with E-state index in [-0.39, 0.29) is 0 Å². The molecule has 0 N–H and O–H groups in total. The molecule has 2 aliphatic rings. The van der Waals surface area contributed by atoms with Crippen molar-refractivity contribution in [2.45, 2.75) is 59.3 Å². The molecule has 0 bridgehead atoms. The van der Waals surface area contributed by atoms with Crippen LogP contribution in [-0.2, 0) is 0 Å². The zero-order valence-corrected chi connectivity index (χ0v) is 10.5. The van der Waals surface area contributed by atoms with Crippen LogP contribution in [0.3, 0.4) is 0 Å². The van der Waals surface area contributed by atoms with E-state index in [1.807, 2.05) is 0 Å². The highest BCUT2D eigenvalue weighted by Gasteiger charge is 2.34. The van der Waals surface area contributed by atoms with Crippen molar-refractivity contribution in [3.63, 3.8) is 0 Å². The van der Waals surface area contributed by atoms with Crippen LogP contribution in [0.25, 0.3) is 0 Å². The Labute approximate surface area is 94.5 Å². The van der Waals surface area contributed by atoms with E-state index in [9.17, 15) is 0 Å². The Morgan fingerprint density at radius 2 is 1.80 bits per heavy atom. The van der Waals surface area contributed by atoms with E-state index in [0.717, 1.165) is 5.92 Å². The van der Waals surface area contributed by atoms with E-state index in [2.05, 4.69) is 32.9 Å². The highest BCUT2D eigenvalue weighted by Crippen LogP contribution is 2.46. The molecule has 2 rings (SSSR count). The Morgan fingerprint density at radius 1 is 1.13 bits per heavy atom. The smallest absolute Gasteiger partial charge is 0.00755 e. The second kappa shape index (κ2) is 4.15. The standard InChI is InChI=1S/C15H24/c1-12-9-13(2)11-15(3,10-12)14-7-5-4-6-8-14/h9-10,14H,4-8,11H2,1-3H3. The van der Waals surface area contributed by atoms with Crippen LogP contribution in [0.4, 0.5) is 0 Å². The number of rotatable bonds is 1. The first-order valence-corrected chi connectivity index (χ1v) is 6.47. The van der Waals surface area contributed by atoms with Gasteiger partial charge in [0.2, 0.25) is 0 Å². The van der Waals surface area contributed by atoms with Gasteiger partial charge in [-0.15, -0.1) is 0 Å². The minimum Gasteiger partial charge on any atom is -0.0751 e. The van der Waals surface area contributed by atoms with Gasteiger partial charge in [0.1, 0.15) is 0 Å². The minimum absolute atomic E-state index is 0.462. The van der Waals surface area contributed by atoms with Gasteiger partial charge in [-0.2, -0.15) is 0 Å². The predicted molar refractivity (Wildman–Crippen MR) is 66.8 cm³/mol. The van der Waals surface area contributed by atoms with Crippen molar-refractivity contribution in [3.05, 3.63) is 23.3 Å². The van der Waals surface area contributed by atoms with Gasteiger partial charge in [-0.3, -0.25) is 0 Å². The molecule has 84 valence electrons. The van der Waals surface area contributed by atoms with Crippen molar-refractivity contribution < 1.29 is 0 Å². The quantitative estimate of drug-likeness (QED) is 0.571. The van der Waals surface area contributed by atoms with Crippen molar-refractivity contribution in [3.8, 4) is 0 Å². The first kappa shape index (κ1) is 11.0. The Bertz CT molecular complexity index is 289. The zero-order chi connectivity index (χ0) is 10.9. The topological polar surface area (TPSA) is 0 Å². The molecule has 0 radical (unpaired) electrons. The normalized spacial score (nSPS) is 33.5. The summed E-state index contributed by atoms with van der Waals surface area (Å²) in [5.74, 6) is 0.935. The lowest BCUT2D eigenvalue weighted by molar-refractivity contribution is 0.186. The van der Waals surface area contributed by atoms with E-state index >= 15 is 0 Å². The molecule has 0 aromatic heterocycles. The van der Waals surface area contributed by atoms with Crippen molar-refractivity contribution in [1.29, 1.82) is 0 Å². The van der Waals surface area contributed by atoms with Gasteiger partial charge >= 0.3 is 0 Å². The summed E-state index contributed by atoms with van der Waals surface area (Å²) in [4.78, 5) is 0. The Morgan fingerprint density at radius 3 is 2.40 bits per heavy atom. The first-order chi connectivity index (χ1) is 7.10. The van der Waals surface area contributed by atoms with Gasteiger partial charge in [0.25, 0.3) is 0 Å². The Hall–Kier alpha value is -0.520. The van der Waals surface area contributed by atoms with E-state index in [0.29, 0.717) is 5.41 Å². The van der Waals surface area contributed by atoms with Crippen LogP contribution in [-0.4, -0.2) is 0 Å². The second-order valence-electron chi connectivity index (χ2n) is 5.90. The molecule has 0 heteroatoms. The van der Waals surface area contributed by atoms with E-state index in [4.69, 9.17) is 0 Å². The maximum atomic E-state index is 2.54. The van der Waals surface area contributed by atoms with Gasteiger partial charge in [0, 0.05) is 0 Å². The first-order valence-electron chi connectivity index (χ1n) is 6.47. The lowest BCUT2D eigenvalue weighted by Gasteiger charge is -2.40. The molecule has 2 aliphatic carbocycles. The molecule has 1 unspecified atom stereocenters. The summed E-state index contributed by atoms with van der Waals surface area (Å²) >= 11 is 0. The lowest BCUT2D eigenvalue weighted by atomic mass is 9.65. The van der Waals surface area contributed by atoms with Gasteiger partial charge in [-0.25, -0.2) is 0 Å². The summed E-state index contributed by atoms with van der Waals surface area (Å²) in [7, 11) is 0. The molecule has 0 nitrogen and oxygen atoms in total. The molecule has 1 saturated carbocycles. The molecule has 0 saturated heterocycles. The molecular formula is C15H24. The molecule has 0 heterocycles. The summed E-state index contributed by atoms with van der Waals surface area (Å²) < 4.78 is 0. The van der Waals surface area contributed by atoms with Crippen LogP contribution in [0.1, 0.15) is 59.3 Å². The molecule has 15 heavy (non-hydrogen) atoms. The summed E-state index contributed by atoms with van der Waals surface area (Å²) in [5.41, 5.74) is 3.51. The van der Waals surface area contributed by atoms with Crippen LogP contribution in [0.5, 0.6) is 0 Å². The second-order valence-corrected chi connectivity index (χ2v) is 5.90. The Balaban J connectivity index is 2.16. The maximum absolute atomic E-state index is 2.54. The summed E-state index contributed by atoms with van der Waals surface area (Å²) in [5, 5.41) is 0. The molecular weight excluding hydrogens is 180 g/mol. The third-order valence-electron chi connectivity index (χ3n) is 4.23. The van der Waals surface area contributed by atoms with Gasteiger partial charge < -0.3 is 0 Å². The summed E-state index contributed by atoms with van der Waals surface area (Å²) in [6, 6.07) is 0. The molecule has 1 atom stereocenters. The van der Waals surface area contributed by atoms with E-state index in [1.54, 1.807) is 5.57 Å². The minimum atomic E-state index is 0.462. The van der Waals surface area contributed by atoms with Crippen LogP contribution in [0, 0.1) is 11.3 Å². The third kappa shape index (κ3) is 2.35. The van der Waals surface area contributed by atoms with Crippen molar-refractivity contribution in [2.75, 3.05) is 0 Å². The van der Waals surface area contributed by atoms with Gasteiger partial charge in [-0.1, -0.05) is 49.5 Å². The fourth-order valence-corrected chi connectivity index (χ4v) is 3.68. The van der Waals surface area contributed by atoms with Crippen LogP contribution >= 0.6 is 0 Å². The molecule has 0 aromatic carbocycles. The zero-order valence-electron chi connectivity index (χ0n) is 10.5. The van der Waals surface area contributed by atoms with Crippen LogP contribution in [0.15, 0.2) is 23.3 Å². The van der Waals surface area contributed by atoms with Crippen molar-refractivity contribution in [2.24, 2.45) is 11.3 Å². The van der Waals surface area contributed by atoms with Gasteiger partial charge in [0.05, 0.1) is 0 Å². The highest BCUT2D eigenvalue weighted by molar-refractivity contribution is 5.30. The predicted octanol–water partition coefficient (Wildman–Crippen LogP) is 4.87. The van der Waals surface area contributed by atoms with Gasteiger partial charge in [0.15, 0.2) is 0 Å². The molecule has 0 aromatic rings. The summed E-state index contributed by atoms with van der Waals surface area (Å²) in [6.07, 6.45) is 13.5.